The van der Waals surface area contributed by atoms with Crippen molar-refractivity contribution in [3.05, 3.63) is 102 Å². The summed E-state index contributed by atoms with van der Waals surface area (Å²) in [4.78, 5) is 20.8. The lowest BCUT2D eigenvalue weighted by atomic mass is 10.0. The summed E-state index contributed by atoms with van der Waals surface area (Å²) < 4.78 is 11.8. The molecular weight excluding hydrogens is 494 g/mol. The van der Waals surface area contributed by atoms with Gasteiger partial charge in [-0.3, -0.25) is 20.2 Å². The minimum Gasteiger partial charge on any atom is -0.493 e. The van der Waals surface area contributed by atoms with Crippen molar-refractivity contribution in [3.8, 4) is 17.6 Å². The predicted octanol–water partition coefficient (Wildman–Crippen LogP) is 5.92. The summed E-state index contributed by atoms with van der Waals surface area (Å²) in [5.74, 6) is 0.830. The molecule has 9 nitrogen and oxygen atoms in total. The Kier molecular flexibility index (Phi) is 7.38. The van der Waals surface area contributed by atoms with Crippen LogP contribution in [0.25, 0.3) is 11.6 Å². The quantitative estimate of drug-likeness (QED) is 0.159. The number of rotatable bonds is 8. The van der Waals surface area contributed by atoms with Crippen LogP contribution in [0.15, 0.2) is 65.1 Å². The largest absolute Gasteiger partial charge is 0.493 e. The van der Waals surface area contributed by atoms with Gasteiger partial charge in [0.25, 0.3) is 11.4 Å². The lowest BCUT2D eigenvalue weighted by Gasteiger charge is -2.13. The molecule has 0 saturated heterocycles. The second kappa shape index (κ2) is 10.4. The van der Waals surface area contributed by atoms with Crippen molar-refractivity contribution in [3.63, 3.8) is 0 Å². The van der Waals surface area contributed by atoms with E-state index in [1.54, 1.807) is 36.4 Å². The lowest BCUT2D eigenvalue weighted by molar-refractivity contribution is -0.385. The van der Waals surface area contributed by atoms with Gasteiger partial charge in [-0.05, 0) is 47.0 Å². The molecule has 0 fully saturated rings. The van der Waals surface area contributed by atoms with Gasteiger partial charge >= 0.3 is 0 Å². The Morgan fingerprint density at radius 3 is 2.33 bits per heavy atom. The number of nitrogens with zero attached hydrogens (tertiary/aromatic N) is 3. The zero-order valence-corrected chi connectivity index (χ0v) is 18.8. The Balaban J connectivity index is 1.87. The van der Waals surface area contributed by atoms with Crippen molar-refractivity contribution in [2.24, 2.45) is 0 Å². The topological polar surface area (TPSA) is 129 Å². The summed E-state index contributed by atoms with van der Waals surface area (Å²) in [5, 5.41) is 31.4. The first-order valence-corrected chi connectivity index (χ1v) is 10.2. The van der Waals surface area contributed by atoms with E-state index >= 15 is 0 Å². The van der Waals surface area contributed by atoms with Crippen LogP contribution in [0.2, 0.25) is 0 Å². The fraction of sp³-hybridized carbons (Fsp3) is 0.0870. The maximum atomic E-state index is 11.0. The number of nitriles is 1. The number of benzene rings is 3. The summed E-state index contributed by atoms with van der Waals surface area (Å²) in [6, 6.07) is 17.3. The molecule has 0 aliphatic rings. The molecule has 3 aromatic rings. The van der Waals surface area contributed by atoms with Crippen LogP contribution in [0, 0.1) is 31.6 Å². The van der Waals surface area contributed by atoms with Crippen molar-refractivity contribution >= 4 is 39.0 Å². The molecule has 166 valence electrons. The molecule has 0 radical (unpaired) electrons. The minimum atomic E-state index is -0.519. The Morgan fingerprint density at radius 2 is 1.73 bits per heavy atom. The summed E-state index contributed by atoms with van der Waals surface area (Å²) in [7, 11) is 1.47. The normalized spacial score (nSPS) is 10.9. The predicted molar refractivity (Wildman–Crippen MR) is 125 cm³/mol. The van der Waals surface area contributed by atoms with Crippen LogP contribution in [0.5, 0.6) is 11.5 Å². The molecule has 0 amide bonds. The average molecular weight is 510 g/mol. The van der Waals surface area contributed by atoms with E-state index in [1.165, 1.54) is 37.4 Å². The molecule has 3 rings (SSSR count). The highest BCUT2D eigenvalue weighted by molar-refractivity contribution is 9.10. The second-order valence-electron chi connectivity index (χ2n) is 6.71. The van der Waals surface area contributed by atoms with Crippen molar-refractivity contribution in [1.82, 2.24) is 0 Å². The smallest absolute Gasteiger partial charge is 0.270 e. The standard InChI is InChI=1S/C23H16BrN3O6/c1-32-22-11-17(9-18(13-25)16-3-2-4-20(10-16)27(30)31)21(24)12-23(22)33-14-15-5-7-19(8-6-15)26(28)29/h2-12H,14H2,1H3/b18-9-. The number of hydrogen-bond donors (Lipinski definition) is 0. The maximum Gasteiger partial charge on any atom is 0.270 e. The molecule has 33 heavy (non-hydrogen) atoms. The van der Waals surface area contributed by atoms with Gasteiger partial charge in [0, 0.05) is 28.7 Å². The molecule has 0 aliphatic carbocycles. The van der Waals surface area contributed by atoms with Crippen molar-refractivity contribution in [2.75, 3.05) is 7.11 Å². The van der Waals surface area contributed by atoms with E-state index in [2.05, 4.69) is 22.0 Å². The maximum absolute atomic E-state index is 11.0. The zero-order valence-electron chi connectivity index (χ0n) is 17.2. The van der Waals surface area contributed by atoms with E-state index in [4.69, 9.17) is 9.47 Å². The number of ether oxygens (including phenoxy) is 2. The number of allylic oxidation sites excluding steroid dienone is 1. The monoisotopic (exact) mass is 509 g/mol. The van der Waals surface area contributed by atoms with Gasteiger partial charge in [0.15, 0.2) is 11.5 Å². The van der Waals surface area contributed by atoms with Crippen LogP contribution in [-0.4, -0.2) is 17.0 Å². The zero-order chi connectivity index (χ0) is 24.0. The first-order chi connectivity index (χ1) is 15.8. The number of non-ortho nitro benzene ring substituents is 2. The van der Waals surface area contributed by atoms with Gasteiger partial charge in [-0.1, -0.05) is 28.1 Å². The van der Waals surface area contributed by atoms with Crippen LogP contribution >= 0.6 is 15.9 Å². The summed E-state index contributed by atoms with van der Waals surface area (Å²) >= 11 is 3.46. The summed E-state index contributed by atoms with van der Waals surface area (Å²) in [5.41, 5.74) is 1.88. The molecule has 3 aromatic carbocycles. The van der Waals surface area contributed by atoms with Crippen LogP contribution in [0.4, 0.5) is 11.4 Å². The molecule has 0 aliphatic heterocycles. The van der Waals surface area contributed by atoms with Crippen LogP contribution in [0.1, 0.15) is 16.7 Å². The third-order valence-electron chi connectivity index (χ3n) is 4.61. The fourth-order valence-corrected chi connectivity index (χ4v) is 3.37. The van der Waals surface area contributed by atoms with Gasteiger partial charge in [-0.15, -0.1) is 0 Å². The third kappa shape index (κ3) is 5.72. The summed E-state index contributed by atoms with van der Waals surface area (Å²) in [6.07, 6.45) is 1.59. The third-order valence-corrected chi connectivity index (χ3v) is 5.30. The average Bonchev–Trinajstić information content (AvgIpc) is 2.82. The fourth-order valence-electron chi connectivity index (χ4n) is 2.93. The molecule has 0 aromatic heterocycles. The van der Waals surface area contributed by atoms with Gasteiger partial charge in [-0.2, -0.15) is 5.26 Å². The number of halogens is 1. The number of methoxy groups -OCH3 is 1. The molecule has 10 heteroatoms. The molecular formula is C23H16BrN3O6. The van der Waals surface area contributed by atoms with E-state index in [1.807, 2.05) is 0 Å². The highest BCUT2D eigenvalue weighted by Gasteiger charge is 2.13. The van der Waals surface area contributed by atoms with E-state index in [9.17, 15) is 25.5 Å². The van der Waals surface area contributed by atoms with E-state index in [-0.39, 0.29) is 23.6 Å². The molecule has 0 unspecified atom stereocenters. The van der Waals surface area contributed by atoms with Crippen molar-refractivity contribution in [2.45, 2.75) is 6.61 Å². The van der Waals surface area contributed by atoms with Gasteiger partial charge in [0.1, 0.15) is 6.61 Å². The van der Waals surface area contributed by atoms with Gasteiger partial charge in [-0.25, -0.2) is 0 Å². The highest BCUT2D eigenvalue weighted by atomic mass is 79.9. The second-order valence-corrected chi connectivity index (χ2v) is 7.57. The first-order valence-electron chi connectivity index (χ1n) is 9.42. The van der Waals surface area contributed by atoms with Crippen molar-refractivity contribution < 1.29 is 19.3 Å². The molecule has 0 N–H and O–H groups in total. The number of nitro groups is 2. The Bertz CT molecular complexity index is 1280. The van der Waals surface area contributed by atoms with Gasteiger partial charge in [0.2, 0.25) is 0 Å². The Morgan fingerprint density at radius 1 is 1.03 bits per heavy atom. The Labute approximate surface area is 196 Å². The van der Waals surface area contributed by atoms with Crippen LogP contribution in [-0.2, 0) is 6.61 Å². The van der Waals surface area contributed by atoms with E-state index in [0.717, 1.165) is 5.56 Å². The molecule has 0 heterocycles. The molecule has 0 saturated carbocycles. The molecule has 0 spiro atoms. The minimum absolute atomic E-state index is 0.00717. The van der Waals surface area contributed by atoms with Crippen LogP contribution < -0.4 is 9.47 Å². The van der Waals surface area contributed by atoms with Crippen LogP contribution in [0.3, 0.4) is 0 Å². The first kappa shape index (κ1) is 23.4. The molecule has 0 bridgehead atoms. The summed E-state index contributed by atoms with van der Waals surface area (Å²) in [6.45, 7) is 0.160. The van der Waals surface area contributed by atoms with Crippen molar-refractivity contribution in [1.29, 1.82) is 5.26 Å². The molecule has 0 atom stereocenters. The highest BCUT2D eigenvalue weighted by Crippen LogP contribution is 2.36. The van der Waals surface area contributed by atoms with Gasteiger partial charge < -0.3 is 9.47 Å². The van der Waals surface area contributed by atoms with Gasteiger partial charge in [0.05, 0.1) is 28.6 Å². The number of nitro benzene ring substituents is 2. The van der Waals surface area contributed by atoms with E-state index in [0.29, 0.717) is 27.1 Å². The Hall–Kier alpha value is -4.23. The lowest BCUT2D eigenvalue weighted by Crippen LogP contribution is -1.99. The number of hydrogen-bond acceptors (Lipinski definition) is 7. The van der Waals surface area contributed by atoms with E-state index < -0.39 is 9.85 Å². The SMILES string of the molecule is COc1cc(/C=C(/C#N)c2cccc([N+](=O)[O-])c2)c(Br)cc1OCc1ccc([N+](=O)[O-])cc1.